The SMILES string of the molecule is N#Cc1cc2c(o1)c(=O)[nH]c1c(N3CCCCC3)cccc12.N#Cc1ccc(C(=O)Nc2ccccc2N2CCCCC2)o1. The third-order valence-electron chi connectivity index (χ3n) is 8.11. The molecule has 7 rings (SSSR count). The van der Waals surface area contributed by atoms with Crippen LogP contribution in [0.2, 0.25) is 0 Å². The maximum Gasteiger partial charge on any atom is 0.292 e. The molecule has 2 aromatic carbocycles. The van der Waals surface area contributed by atoms with Crippen LogP contribution >= 0.6 is 0 Å². The van der Waals surface area contributed by atoms with Crippen molar-refractivity contribution in [2.75, 3.05) is 41.3 Å². The number of rotatable bonds is 4. The number of aromatic nitrogens is 1. The number of hydrogen-bond donors (Lipinski definition) is 2. The topological polar surface area (TPSA) is 142 Å². The minimum absolute atomic E-state index is 0.134. The van der Waals surface area contributed by atoms with Crippen LogP contribution in [0.15, 0.2) is 74.3 Å². The van der Waals surface area contributed by atoms with Gasteiger partial charge in [0.15, 0.2) is 5.76 Å². The summed E-state index contributed by atoms with van der Waals surface area (Å²) >= 11 is 0. The molecule has 0 radical (unpaired) electrons. The van der Waals surface area contributed by atoms with Crippen molar-refractivity contribution in [3.63, 3.8) is 0 Å². The molecule has 0 atom stereocenters. The number of furan rings is 2. The van der Waals surface area contributed by atoms with Gasteiger partial charge >= 0.3 is 0 Å². The fourth-order valence-electron chi connectivity index (χ4n) is 5.97. The smallest absolute Gasteiger partial charge is 0.292 e. The van der Waals surface area contributed by atoms with Gasteiger partial charge in [-0.3, -0.25) is 9.59 Å². The first kappa shape index (κ1) is 28.6. The molecule has 0 spiro atoms. The number of H-pyrrole nitrogens is 1. The van der Waals surface area contributed by atoms with Gasteiger partial charge in [0.1, 0.15) is 12.1 Å². The Kier molecular flexibility index (Phi) is 8.33. The summed E-state index contributed by atoms with van der Waals surface area (Å²) in [5, 5.41) is 22.3. The summed E-state index contributed by atoms with van der Waals surface area (Å²) in [5.41, 5.74) is 3.61. The van der Waals surface area contributed by atoms with Crippen LogP contribution in [0.25, 0.3) is 21.9 Å². The average molecular weight is 589 g/mol. The van der Waals surface area contributed by atoms with Crippen molar-refractivity contribution in [2.24, 2.45) is 0 Å². The molecular weight excluding hydrogens is 556 g/mol. The minimum atomic E-state index is -0.342. The van der Waals surface area contributed by atoms with Crippen molar-refractivity contribution < 1.29 is 13.6 Å². The summed E-state index contributed by atoms with van der Waals surface area (Å²) in [6.07, 6.45) is 7.21. The number of fused-ring (bicyclic) bond motifs is 3. The molecule has 10 nitrogen and oxygen atoms in total. The predicted molar refractivity (Wildman–Crippen MR) is 169 cm³/mol. The van der Waals surface area contributed by atoms with Gasteiger partial charge in [-0.25, -0.2) is 0 Å². The van der Waals surface area contributed by atoms with Gasteiger partial charge in [0.25, 0.3) is 11.5 Å². The van der Waals surface area contributed by atoms with E-state index in [2.05, 4.69) is 20.1 Å². The highest BCUT2D eigenvalue weighted by Gasteiger charge is 2.19. The number of aromatic amines is 1. The van der Waals surface area contributed by atoms with E-state index in [-0.39, 0.29) is 34.3 Å². The largest absolute Gasteiger partial charge is 0.440 e. The van der Waals surface area contributed by atoms with Crippen LogP contribution in [0.3, 0.4) is 0 Å². The van der Waals surface area contributed by atoms with Crippen LogP contribution in [0.4, 0.5) is 17.1 Å². The van der Waals surface area contributed by atoms with Crippen molar-refractivity contribution in [3.05, 3.63) is 88.3 Å². The molecular formula is C34H32N6O4. The number of nitrogens with one attached hydrogen (secondary N) is 2. The first-order valence-corrected chi connectivity index (χ1v) is 14.9. The lowest BCUT2D eigenvalue weighted by molar-refractivity contribution is 0.0996. The Hall–Kier alpha value is -5.48. The molecule has 5 heterocycles. The molecule has 3 aromatic heterocycles. The van der Waals surface area contributed by atoms with Crippen LogP contribution < -0.4 is 20.7 Å². The second-order valence-corrected chi connectivity index (χ2v) is 11.0. The standard InChI is InChI=1S/C17H15N3O2.C17H17N3O2/c18-10-11-9-13-12-5-4-6-14(20-7-2-1-3-8-20)15(12)19-17(21)16(13)22-11;18-12-13-8-9-16(22-13)17(21)19-14-6-2-3-7-15(14)20-10-4-1-5-11-20/h4-6,9H,1-3,7-8H2,(H,19,21);2-3,6-9H,1,4-5,10-11H2,(H,19,21). The number of carbonyl (C=O) groups is 1. The molecule has 222 valence electrons. The Morgan fingerprint density at radius 2 is 1.41 bits per heavy atom. The van der Waals surface area contributed by atoms with Crippen molar-refractivity contribution in [3.8, 4) is 12.1 Å². The molecule has 2 fully saturated rings. The van der Waals surface area contributed by atoms with Crippen LogP contribution in [-0.2, 0) is 0 Å². The van der Waals surface area contributed by atoms with Crippen molar-refractivity contribution in [1.29, 1.82) is 10.5 Å². The Balaban J connectivity index is 0.000000156. The van der Waals surface area contributed by atoms with Gasteiger partial charge in [-0.1, -0.05) is 24.3 Å². The zero-order valence-electron chi connectivity index (χ0n) is 24.3. The first-order chi connectivity index (χ1) is 21.6. The molecule has 2 aliphatic heterocycles. The van der Waals surface area contributed by atoms with E-state index in [0.717, 1.165) is 54.1 Å². The van der Waals surface area contributed by atoms with Gasteiger partial charge in [-0.05, 0) is 68.9 Å². The maximum absolute atomic E-state index is 12.3. The third-order valence-corrected chi connectivity index (χ3v) is 8.11. The molecule has 0 bridgehead atoms. The molecule has 1 amide bonds. The molecule has 0 saturated carbocycles. The van der Waals surface area contributed by atoms with Gasteiger partial charge < -0.3 is 28.9 Å². The zero-order chi connectivity index (χ0) is 30.5. The van der Waals surface area contributed by atoms with Gasteiger partial charge in [0.05, 0.1) is 22.6 Å². The van der Waals surface area contributed by atoms with E-state index < -0.39 is 0 Å². The van der Waals surface area contributed by atoms with Crippen molar-refractivity contribution >= 4 is 44.8 Å². The van der Waals surface area contributed by atoms with Gasteiger partial charge in [0.2, 0.25) is 17.1 Å². The molecule has 0 unspecified atom stereocenters. The van der Waals surface area contributed by atoms with Crippen LogP contribution in [-0.4, -0.2) is 37.1 Å². The maximum atomic E-state index is 12.3. The Morgan fingerprint density at radius 1 is 0.750 bits per heavy atom. The van der Waals surface area contributed by atoms with E-state index in [1.54, 1.807) is 6.07 Å². The van der Waals surface area contributed by atoms with Gasteiger partial charge in [-0.2, -0.15) is 10.5 Å². The number of benzene rings is 2. The van der Waals surface area contributed by atoms with E-state index in [9.17, 15) is 9.59 Å². The molecule has 0 aliphatic carbocycles. The number of nitrogens with zero attached hydrogens (tertiary/aromatic N) is 4. The molecule has 2 N–H and O–H groups in total. The van der Waals surface area contributed by atoms with Crippen molar-refractivity contribution in [2.45, 2.75) is 38.5 Å². The number of pyridine rings is 1. The van der Waals surface area contributed by atoms with E-state index >= 15 is 0 Å². The van der Waals surface area contributed by atoms with E-state index in [0.29, 0.717) is 5.39 Å². The summed E-state index contributed by atoms with van der Waals surface area (Å²) < 4.78 is 10.5. The Morgan fingerprint density at radius 3 is 2.09 bits per heavy atom. The van der Waals surface area contributed by atoms with Crippen LogP contribution in [0, 0.1) is 22.7 Å². The second-order valence-electron chi connectivity index (χ2n) is 11.0. The number of hydrogen-bond acceptors (Lipinski definition) is 8. The Labute approximate surface area is 254 Å². The number of carbonyl (C=O) groups excluding carboxylic acids is 1. The van der Waals surface area contributed by atoms with Gasteiger partial charge in [0, 0.05) is 43.0 Å². The summed E-state index contributed by atoms with van der Waals surface area (Å²) in [5.74, 6) is 0.0989. The highest BCUT2D eigenvalue weighted by atomic mass is 16.4. The molecule has 2 aliphatic rings. The predicted octanol–water partition coefficient (Wildman–Crippen LogP) is 6.53. The monoisotopic (exact) mass is 588 g/mol. The number of piperidine rings is 2. The normalized spacial score (nSPS) is 14.9. The quantitative estimate of drug-likeness (QED) is 0.241. The fourth-order valence-corrected chi connectivity index (χ4v) is 5.97. The lowest BCUT2D eigenvalue weighted by Gasteiger charge is -2.30. The van der Waals surface area contributed by atoms with Crippen LogP contribution in [0.1, 0.15) is 60.6 Å². The summed E-state index contributed by atoms with van der Waals surface area (Å²) in [4.78, 5) is 32.1. The lowest BCUT2D eigenvalue weighted by Crippen LogP contribution is -2.30. The van der Waals surface area contributed by atoms with Crippen molar-refractivity contribution in [1.82, 2.24) is 4.98 Å². The molecule has 2 saturated heterocycles. The second kappa shape index (κ2) is 12.8. The Bertz CT molecular complexity index is 1940. The molecule has 10 heteroatoms. The average Bonchev–Trinajstić information content (AvgIpc) is 3.75. The fraction of sp³-hybridized carbons (Fsp3) is 0.294. The zero-order valence-corrected chi connectivity index (χ0v) is 24.3. The van der Waals surface area contributed by atoms with E-state index in [1.807, 2.05) is 54.6 Å². The highest BCUT2D eigenvalue weighted by Crippen LogP contribution is 2.32. The van der Waals surface area contributed by atoms with E-state index in [1.165, 1.54) is 50.7 Å². The molecule has 44 heavy (non-hydrogen) atoms. The number of para-hydroxylation sites is 3. The highest BCUT2D eigenvalue weighted by molar-refractivity contribution is 6.08. The minimum Gasteiger partial charge on any atom is -0.440 e. The number of amides is 1. The van der Waals surface area contributed by atoms with Gasteiger partial charge in [-0.15, -0.1) is 0 Å². The van der Waals surface area contributed by atoms with E-state index in [4.69, 9.17) is 19.4 Å². The third kappa shape index (κ3) is 5.88. The summed E-state index contributed by atoms with van der Waals surface area (Å²) in [6, 6.07) is 22.2. The number of anilines is 3. The van der Waals surface area contributed by atoms with Crippen LogP contribution in [0.5, 0.6) is 0 Å². The number of nitriles is 2. The summed E-state index contributed by atoms with van der Waals surface area (Å²) in [6.45, 7) is 4.03. The first-order valence-electron chi connectivity index (χ1n) is 14.9. The summed E-state index contributed by atoms with van der Waals surface area (Å²) in [7, 11) is 0. The molecule has 5 aromatic rings. The lowest BCUT2D eigenvalue weighted by atomic mass is 10.1.